The number of nitrogens with zero attached hydrogens (tertiary/aromatic N) is 1. The van der Waals surface area contributed by atoms with Gasteiger partial charge in [-0.1, -0.05) is 24.3 Å². The van der Waals surface area contributed by atoms with E-state index in [9.17, 15) is 13.2 Å². The molecule has 0 aromatic heterocycles. The third-order valence-corrected chi connectivity index (χ3v) is 7.92. The summed E-state index contributed by atoms with van der Waals surface area (Å²) in [5, 5.41) is 3.09. The summed E-state index contributed by atoms with van der Waals surface area (Å²) >= 11 is 0. The largest absolute Gasteiger partial charge is 0.495 e. The van der Waals surface area contributed by atoms with E-state index in [1.165, 1.54) is 24.8 Å². The first-order valence-electron chi connectivity index (χ1n) is 11.8. The highest BCUT2D eigenvalue weighted by Gasteiger charge is 2.25. The molecule has 1 heterocycles. The van der Waals surface area contributed by atoms with E-state index in [4.69, 9.17) is 9.47 Å². The predicted octanol–water partition coefficient (Wildman–Crippen LogP) is 2.50. The predicted molar refractivity (Wildman–Crippen MR) is 130 cm³/mol. The number of fused-ring (bicyclic) bond motifs is 1. The van der Waals surface area contributed by atoms with E-state index in [1.807, 2.05) is 18.2 Å². The highest BCUT2D eigenvalue weighted by Crippen LogP contribution is 2.30. The quantitative estimate of drug-likeness (QED) is 0.528. The monoisotopic (exact) mass is 487 g/mol. The summed E-state index contributed by atoms with van der Waals surface area (Å²) < 4.78 is 39.4. The molecule has 0 radical (unpaired) electrons. The van der Waals surface area contributed by atoms with Crippen molar-refractivity contribution in [2.24, 2.45) is 0 Å². The standard InChI is InChI=1S/C25H33N3O5S/c1-32-23-11-10-20(25(29)27-22-9-4-7-19-6-2-3-8-21(19)22)18-24(23)34(30,31)26-12-5-13-28-14-16-33-17-15-28/h2-3,6,8,10-11,18,22,26H,4-5,7,9,12-17H2,1H3,(H,27,29)/t22-/m0/s1. The van der Waals surface area contributed by atoms with Crippen molar-refractivity contribution in [2.75, 3.05) is 46.5 Å². The van der Waals surface area contributed by atoms with Crippen LogP contribution in [0.15, 0.2) is 47.4 Å². The Morgan fingerprint density at radius 2 is 1.97 bits per heavy atom. The molecule has 1 aliphatic carbocycles. The number of nitrogens with one attached hydrogen (secondary N) is 2. The average Bonchev–Trinajstić information content (AvgIpc) is 2.87. The Bertz CT molecular complexity index is 1100. The molecule has 0 bridgehead atoms. The van der Waals surface area contributed by atoms with Crippen LogP contribution in [-0.4, -0.2) is 65.7 Å². The van der Waals surface area contributed by atoms with Crippen LogP contribution in [0.4, 0.5) is 0 Å². The van der Waals surface area contributed by atoms with Gasteiger partial charge < -0.3 is 14.8 Å². The van der Waals surface area contributed by atoms with Gasteiger partial charge in [0.15, 0.2) is 0 Å². The van der Waals surface area contributed by atoms with Crippen LogP contribution in [0.1, 0.15) is 46.8 Å². The second-order valence-electron chi connectivity index (χ2n) is 8.69. The molecule has 1 atom stereocenters. The zero-order chi connectivity index (χ0) is 24.0. The second-order valence-corrected chi connectivity index (χ2v) is 10.4. The maximum atomic E-state index is 13.1. The van der Waals surface area contributed by atoms with Crippen molar-refractivity contribution in [3.63, 3.8) is 0 Å². The summed E-state index contributed by atoms with van der Waals surface area (Å²) in [6, 6.07) is 12.6. The molecule has 8 nitrogen and oxygen atoms in total. The molecule has 2 N–H and O–H groups in total. The number of methoxy groups -OCH3 is 1. The van der Waals surface area contributed by atoms with Crippen LogP contribution >= 0.6 is 0 Å². The van der Waals surface area contributed by atoms with E-state index in [1.54, 1.807) is 6.07 Å². The van der Waals surface area contributed by atoms with Crippen LogP contribution in [0.25, 0.3) is 0 Å². The van der Waals surface area contributed by atoms with Gasteiger partial charge in [0.1, 0.15) is 10.6 Å². The fourth-order valence-electron chi connectivity index (χ4n) is 4.59. The molecule has 1 amide bonds. The lowest BCUT2D eigenvalue weighted by Gasteiger charge is -2.26. The molecule has 9 heteroatoms. The first kappa shape index (κ1) is 24.7. The van der Waals surface area contributed by atoms with Gasteiger partial charge in [-0.3, -0.25) is 9.69 Å². The second kappa shape index (κ2) is 11.3. The van der Waals surface area contributed by atoms with Crippen LogP contribution in [0.3, 0.4) is 0 Å². The van der Waals surface area contributed by atoms with Gasteiger partial charge in [0, 0.05) is 25.2 Å². The van der Waals surface area contributed by atoms with Crippen molar-refractivity contribution in [1.29, 1.82) is 0 Å². The van der Waals surface area contributed by atoms with E-state index in [0.29, 0.717) is 26.2 Å². The number of ether oxygens (including phenoxy) is 2. The van der Waals surface area contributed by atoms with Crippen LogP contribution in [0, 0.1) is 0 Å². The van der Waals surface area contributed by atoms with Crippen LogP contribution < -0.4 is 14.8 Å². The summed E-state index contributed by atoms with van der Waals surface area (Å²) in [6.07, 6.45) is 3.54. The van der Waals surface area contributed by atoms with Crippen molar-refractivity contribution in [1.82, 2.24) is 14.9 Å². The van der Waals surface area contributed by atoms with E-state index < -0.39 is 10.0 Å². The molecule has 0 spiro atoms. The first-order valence-corrected chi connectivity index (χ1v) is 13.3. The zero-order valence-corrected chi connectivity index (χ0v) is 20.4. The minimum Gasteiger partial charge on any atom is -0.495 e. The number of benzene rings is 2. The third-order valence-electron chi connectivity index (χ3n) is 6.44. The SMILES string of the molecule is COc1ccc(C(=O)N[C@H]2CCCc3ccccc32)cc1S(=O)(=O)NCCCN1CCOCC1. The Balaban J connectivity index is 1.43. The Morgan fingerprint density at radius 3 is 2.76 bits per heavy atom. The van der Waals surface area contributed by atoms with Gasteiger partial charge in [0.25, 0.3) is 5.91 Å². The lowest BCUT2D eigenvalue weighted by Crippen LogP contribution is -2.38. The van der Waals surface area contributed by atoms with Gasteiger partial charge in [0.05, 0.1) is 26.4 Å². The van der Waals surface area contributed by atoms with Gasteiger partial charge >= 0.3 is 0 Å². The number of hydrogen-bond donors (Lipinski definition) is 2. The zero-order valence-electron chi connectivity index (χ0n) is 19.6. The molecule has 0 saturated carbocycles. The van der Waals surface area contributed by atoms with Crippen LogP contribution in [0.5, 0.6) is 5.75 Å². The van der Waals surface area contributed by atoms with Crippen LogP contribution in [-0.2, 0) is 21.2 Å². The van der Waals surface area contributed by atoms with Crippen molar-refractivity contribution in [3.05, 3.63) is 59.2 Å². The maximum Gasteiger partial charge on any atom is 0.251 e. The number of sulfonamides is 1. The van der Waals surface area contributed by atoms with Crippen molar-refractivity contribution < 1.29 is 22.7 Å². The fraction of sp³-hybridized carbons (Fsp3) is 0.480. The lowest BCUT2D eigenvalue weighted by molar-refractivity contribution is 0.0376. The number of amides is 1. The molecule has 1 aliphatic heterocycles. The van der Waals surface area contributed by atoms with Crippen molar-refractivity contribution in [2.45, 2.75) is 36.6 Å². The number of hydrogen-bond acceptors (Lipinski definition) is 6. The average molecular weight is 488 g/mol. The van der Waals surface area contributed by atoms with Gasteiger partial charge in [-0.25, -0.2) is 13.1 Å². The summed E-state index contributed by atoms with van der Waals surface area (Å²) in [5.74, 6) is -0.0895. The van der Waals surface area contributed by atoms with E-state index in [0.717, 1.165) is 44.5 Å². The molecular weight excluding hydrogens is 454 g/mol. The minimum atomic E-state index is -3.84. The molecule has 1 saturated heterocycles. The van der Waals surface area contributed by atoms with Crippen LogP contribution in [0.2, 0.25) is 0 Å². The third kappa shape index (κ3) is 5.96. The highest BCUT2D eigenvalue weighted by atomic mass is 32.2. The molecule has 4 rings (SSSR count). The topological polar surface area (TPSA) is 97.0 Å². The van der Waals surface area contributed by atoms with Gasteiger partial charge in [0.2, 0.25) is 10.0 Å². The minimum absolute atomic E-state index is 0.0296. The number of carbonyl (C=O) groups is 1. The number of rotatable bonds is 9. The Morgan fingerprint density at radius 1 is 1.18 bits per heavy atom. The van der Waals surface area contributed by atoms with E-state index in [-0.39, 0.29) is 28.2 Å². The summed E-state index contributed by atoms with van der Waals surface area (Å²) in [7, 11) is -2.42. The summed E-state index contributed by atoms with van der Waals surface area (Å²) in [5.41, 5.74) is 2.67. The van der Waals surface area contributed by atoms with Gasteiger partial charge in [-0.2, -0.15) is 0 Å². The number of carbonyl (C=O) groups excluding carboxylic acids is 1. The Kier molecular flexibility index (Phi) is 8.20. The fourth-order valence-corrected chi connectivity index (χ4v) is 5.85. The summed E-state index contributed by atoms with van der Waals surface area (Å²) in [4.78, 5) is 15.3. The highest BCUT2D eigenvalue weighted by molar-refractivity contribution is 7.89. The van der Waals surface area contributed by atoms with Gasteiger partial charge in [-0.15, -0.1) is 0 Å². The number of morpholine rings is 1. The molecule has 34 heavy (non-hydrogen) atoms. The molecule has 2 aromatic rings. The molecule has 2 aromatic carbocycles. The van der Waals surface area contributed by atoms with E-state index in [2.05, 4.69) is 21.0 Å². The molecule has 184 valence electrons. The normalized spacial score (nSPS) is 18.8. The van der Waals surface area contributed by atoms with Gasteiger partial charge in [-0.05, 0) is 61.6 Å². The Labute approximate surface area is 201 Å². The summed E-state index contributed by atoms with van der Waals surface area (Å²) in [6.45, 7) is 4.26. The van der Waals surface area contributed by atoms with Crippen molar-refractivity contribution >= 4 is 15.9 Å². The molecule has 1 fully saturated rings. The number of aryl methyl sites for hydroxylation is 1. The first-order chi connectivity index (χ1) is 16.5. The van der Waals surface area contributed by atoms with E-state index >= 15 is 0 Å². The molecular formula is C25H33N3O5S. The van der Waals surface area contributed by atoms with Crippen molar-refractivity contribution in [3.8, 4) is 5.75 Å². The molecule has 2 aliphatic rings. The molecule has 0 unspecified atom stereocenters. The lowest BCUT2D eigenvalue weighted by atomic mass is 9.87. The Hall–Kier alpha value is -2.46. The smallest absolute Gasteiger partial charge is 0.251 e. The maximum absolute atomic E-state index is 13.1.